The first-order valence-corrected chi connectivity index (χ1v) is 6.72. The normalized spacial score (nSPS) is 11.1. The predicted molar refractivity (Wildman–Crippen MR) is 80.2 cm³/mol. The summed E-state index contributed by atoms with van der Waals surface area (Å²) in [5.74, 6) is 0.743. The van der Waals surface area contributed by atoms with Gasteiger partial charge in [0.2, 0.25) is 0 Å². The molecule has 112 valence electrons. The van der Waals surface area contributed by atoms with Crippen LogP contribution in [0.4, 0.5) is 10.5 Å². The number of rotatable bonds is 5. The Bertz CT molecular complexity index is 453. The van der Waals surface area contributed by atoms with Gasteiger partial charge in [-0.1, -0.05) is 6.07 Å². The van der Waals surface area contributed by atoms with E-state index < -0.39 is 11.7 Å². The van der Waals surface area contributed by atoms with E-state index in [1.165, 1.54) is 0 Å². The van der Waals surface area contributed by atoms with Gasteiger partial charge in [0.25, 0.3) is 0 Å². The Morgan fingerprint density at radius 3 is 2.60 bits per heavy atom. The van der Waals surface area contributed by atoms with Crippen molar-refractivity contribution in [1.82, 2.24) is 0 Å². The zero-order chi connectivity index (χ0) is 15.2. The van der Waals surface area contributed by atoms with Gasteiger partial charge in [0.1, 0.15) is 11.4 Å². The van der Waals surface area contributed by atoms with E-state index in [9.17, 15) is 4.79 Å². The molecule has 0 atom stereocenters. The molecule has 1 amide bonds. The number of methoxy groups -OCH3 is 1. The molecule has 20 heavy (non-hydrogen) atoms. The Morgan fingerprint density at radius 1 is 1.35 bits per heavy atom. The van der Waals surface area contributed by atoms with Gasteiger partial charge in [-0.25, -0.2) is 4.79 Å². The molecule has 1 aromatic carbocycles. The van der Waals surface area contributed by atoms with Gasteiger partial charge < -0.3 is 15.2 Å². The van der Waals surface area contributed by atoms with Crippen molar-refractivity contribution in [1.29, 1.82) is 0 Å². The Hall–Kier alpha value is -1.75. The molecule has 0 aliphatic carbocycles. The number of carbonyl (C=O) groups excluding carboxylic acids is 1. The molecule has 1 rings (SSSR count). The van der Waals surface area contributed by atoms with E-state index in [1.807, 2.05) is 32.9 Å². The van der Waals surface area contributed by atoms with E-state index >= 15 is 0 Å². The van der Waals surface area contributed by atoms with E-state index in [2.05, 4.69) is 5.32 Å². The van der Waals surface area contributed by atoms with Crippen molar-refractivity contribution in [3.05, 3.63) is 23.8 Å². The average molecular weight is 280 g/mol. The SMILES string of the molecule is COc1cc(NC(=O)OC(C)(C)C)ccc1CCCN. The van der Waals surface area contributed by atoms with Crippen molar-refractivity contribution in [2.75, 3.05) is 19.0 Å². The average Bonchev–Trinajstić information content (AvgIpc) is 2.34. The number of hydrogen-bond acceptors (Lipinski definition) is 4. The van der Waals surface area contributed by atoms with Crippen molar-refractivity contribution in [2.24, 2.45) is 5.73 Å². The highest BCUT2D eigenvalue weighted by Crippen LogP contribution is 2.24. The third-order valence-electron chi connectivity index (χ3n) is 2.58. The zero-order valence-electron chi connectivity index (χ0n) is 12.7. The van der Waals surface area contributed by atoms with Crippen LogP contribution in [0, 0.1) is 0 Å². The van der Waals surface area contributed by atoms with Gasteiger partial charge in [-0.2, -0.15) is 0 Å². The predicted octanol–water partition coefficient (Wildman–Crippen LogP) is 2.93. The summed E-state index contributed by atoms with van der Waals surface area (Å²) in [6, 6.07) is 5.55. The smallest absolute Gasteiger partial charge is 0.412 e. The molecule has 1 aromatic rings. The fourth-order valence-electron chi connectivity index (χ4n) is 1.74. The lowest BCUT2D eigenvalue weighted by Gasteiger charge is -2.20. The summed E-state index contributed by atoms with van der Waals surface area (Å²) in [4.78, 5) is 11.7. The number of ether oxygens (including phenoxy) is 2. The molecule has 0 aliphatic rings. The van der Waals surface area contributed by atoms with E-state index in [-0.39, 0.29) is 0 Å². The highest BCUT2D eigenvalue weighted by atomic mass is 16.6. The van der Waals surface area contributed by atoms with E-state index in [4.69, 9.17) is 15.2 Å². The van der Waals surface area contributed by atoms with Crippen molar-refractivity contribution in [3.8, 4) is 5.75 Å². The lowest BCUT2D eigenvalue weighted by Crippen LogP contribution is -2.27. The molecular formula is C15H24N2O3. The third kappa shape index (κ3) is 5.48. The molecule has 0 aromatic heterocycles. The molecule has 5 heteroatoms. The summed E-state index contributed by atoms with van der Waals surface area (Å²) in [6.45, 7) is 6.11. The lowest BCUT2D eigenvalue weighted by atomic mass is 10.1. The number of hydrogen-bond donors (Lipinski definition) is 2. The first-order chi connectivity index (χ1) is 9.35. The van der Waals surface area contributed by atoms with Crippen LogP contribution < -0.4 is 15.8 Å². The van der Waals surface area contributed by atoms with Crippen LogP contribution in [0.15, 0.2) is 18.2 Å². The van der Waals surface area contributed by atoms with Gasteiger partial charge in [-0.05, 0) is 51.8 Å². The lowest BCUT2D eigenvalue weighted by molar-refractivity contribution is 0.0636. The first-order valence-electron chi connectivity index (χ1n) is 6.72. The highest BCUT2D eigenvalue weighted by molar-refractivity contribution is 5.85. The standard InChI is InChI=1S/C15H24N2O3/c1-15(2,3)20-14(18)17-12-8-7-11(6-5-9-16)13(10-12)19-4/h7-8,10H,5-6,9,16H2,1-4H3,(H,17,18). The maximum atomic E-state index is 11.7. The van der Waals surface area contributed by atoms with Crippen LogP contribution in [0.1, 0.15) is 32.8 Å². The molecule has 0 spiro atoms. The molecule has 0 saturated heterocycles. The number of nitrogens with two attached hydrogens (primary N) is 1. The van der Waals surface area contributed by atoms with Crippen molar-refractivity contribution >= 4 is 11.8 Å². The minimum absolute atomic E-state index is 0.478. The van der Waals surface area contributed by atoms with Crippen molar-refractivity contribution in [3.63, 3.8) is 0 Å². The highest BCUT2D eigenvalue weighted by Gasteiger charge is 2.16. The van der Waals surface area contributed by atoms with Gasteiger partial charge >= 0.3 is 6.09 Å². The number of aryl methyl sites for hydroxylation is 1. The fraction of sp³-hybridized carbons (Fsp3) is 0.533. The molecule has 0 fully saturated rings. The second-order valence-electron chi connectivity index (χ2n) is 5.55. The number of benzene rings is 1. The number of anilines is 1. The fourth-order valence-corrected chi connectivity index (χ4v) is 1.74. The monoisotopic (exact) mass is 280 g/mol. The summed E-state index contributed by atoms with van der Waals surface area (Å²) >= 11 is 0. The second-order valence-corrected chi connectivity index (χ2v) is 5.55. The Kier molecular flexibility index (Phi) is 5.82. The van der Waals surface area contributed by atoms with Gasteiger partial charge in [-0.3, -0.25) is 5.32 Å². The van der Waals surface area contributed by atoms with E-state index in [0.717, 1.165) is 24.2 Å². The Labute approximate surface area is 120 Å². The van der Waals surface area contributed by atoms with Crippen LogP contribution in [0.3, 0.4) is 0 Å². The summed E-state index contributed by atoms with van der Waals surface area (Å²) in [6.07, 6.45) is 1.27. The van der Waals surface area contributed by atoms with Crippen molar-refractivity contribution in [2.45, 2.75) is 39.2 Å². The van der Waals surface area contributed by atoms with Crippen LogP contribution in [0.2, 0.25) is 0 Å². The first kappa shape index (κ1) is 16.3. The van der Waals surface area contributed by atoms with Crippen molar-refractivity contribution < 1.29 is 14.3 Å². The number of nitrogens with one attached hydrogen (secondary N) is 1. The number of amides is 1. The zero-order valence-corrected chi connectivity index (χ0v) is 12.7. The summed E-state index contributed by atoms with van der Waals surface area (Å²) in [7, 11) is 1.61. The van der Waals surface area contributed by atoms with Crippen LogP contribution >= 0.6 is 0 Å². The summed E-state index contributed by atoms with van der Waals surface area (Å²) in [5, 5.41) is 2.69. The molecule has 0 saturated carbocycles. The van der Waals surface area contributed by atoms with Crippen LogP contribution in [-0.4, -0.2) is 25.3 Å². The van der Waals surface area contributed by atoms with Gasteiger partial charge in [0.15, 0.2) is 0 Å². The minimum atomic E-state index is -0.519. The molecule has 0 aliphatic heterocycles. The summed E-state index contributed by atoms with van der Waals surface area (Å²) < 4.78 is 10.5. The second kappa shape index (κ2) is 7.14. The van der Waals surface area contributed by atoms with Crippen LogP contribution in [-0.2, 0) is 11.2 Å². The van der Waals surface area contributed by atoms with Gasteiger partial charge in [0.05, 0.1) is 7.11 Å². The largest absolute Gasteiger partial charge is 0.496 e. The molecule has 3 N–H and O–H groups in total. The molecular weight excluding hydrogens is 256 g/mol. The Balaban J connectivity index is 2.75. The maximum absolute atomic E-state index is 11.7. The quantitative estimate of drug-likeness (QED) is 0.869. The third-order valence-corrected chi connectivity index (χ3v) is 2.58. The molecule has 0 heterocycles. The molecule has 5 nitrogen and oxygen atoms in total. The van der Waals surface area contributed by atoms with E-state index in [0.29, 0.717) is 12.2 Å². The maximum Gasteiger partial charge on any atom is 0.412 e. The molecule has 0 bridgehead atoms. The summed E-state index contributed by atoms with van der Waals surface area (Å²) in [5.41, 5.74) is 6.71. The topological polar surface area (TPSA) is 73.6 Å². The molecule has 0 radical (unpaired) electrons. The van der Waals surface area contributed by atoms with Gasteiger partial charge in [0, 0.05) is 11.8 Å². The van der Waals surface area contributed by atoms with E-state index in [1.54, 1.807) is 13.2 Å². The minimum Gasteiger partial charge on any atom is -0.496 e. The number of carbonyl (C=O) groups is 1. The van der Waals surface area contributed by atoms with Crippen LogP contribution in [0.25, 0.3) is 0 Å². The molecule has 0 unspecified atom stereocenters. The van der Waals surface area contributed by atoms with Crippen LogP contribution in [0.5, 0.6) is 5.75 Å². The Morgan fingerprint density at radius 2 is 2.05 bits per heavy atom. The van der Waals surface area contributed by atoms with Gasteiger partial charge in [-0.15, -0.1) is 0 Å².